The number of hydrogen-bond acceptors (Lipinski definition) is 3. The topological polar surface area (TPSA) is 52.3 Å². The molecule has 1 aliphatic carbocycles. The second-order valence-corrected chi connectivity index (χ2v) is 4.02. The number of rotatable bonds is 3. The fraction of sp³-hybridized carbons (Fsp3) is 0.900. The van der Waals surface area contributed by atoms with Crippen molar-refractivity contribution in [3.8, 4) is 0 Å². The zero-order valence-corrected chi connectivity index (χ0v) is 8.51. The molecule has 76 valence electrons. The van der Waals surface area contributed by atoms with Crippen LogP contribution in [0.25, 0.3) is 0 Å². The van der Waals surface area contributed by atoms with Crippen molar-refractivity contribution in [1.29, 1.82) is 0 Å². The molecule has 0 spiro atoms. The molecule has 3 heteroatoms. The van der Waals surface area contributed by atoms with Crippen molar-refractivity contribution in [2.45, 2.75) is 45.1 Å². The van der Waals surface area contributed by atoms with Crippen LogP contribution in [-0.2, 0) is 9.53 Å². The van der Waals surface area contributed by atoms with Gasteiger partial charge < -0.3 is 10.5 Å². The summed E-state index contributed by atoms with van der Waals surface area (Å²) in [6.45, 7) is 2.09. The van der Waals surface area contributed by atoms with Gasteiger partial charge in [0.2, 0.25) is 0 Å². The summed E-state index contributed by atoms with van der Waals surface area (Å²) in [5.41, 5.74) is 5.56. The highest BCUT2D eigenvalue weighted by atomic mass is 16.5. The summed E-state index contributed by atoms with van der Waals surface area (Å²) in [5, 5.41) is 0. The molecule has 0 aliphatic heterocycles. The van der Waals surface area contributed by atoms with Gasteiger partial charge in [0.15, 0.2) is 0 Å². The van der Waals surface area contributed by atoms with Gasteiger partial charge in [0, 0.05) is 6.04 Å². The minimum Gasteiger partial charge on any atom is -0.469 e. The van der Waals surface area contributed by atoms with Crippen LogP contribution in [0.5, 0.6) is 0 Å². The minimum atomic E-state index is -0.261. The van der Waals surface area contributed by atoms with Gasteiger partial charge in [-0.05, 0) is 25.7 Å². The summed E-state index contributed by atoms with van der Waals surface area (Å²) in [6, 6.07) is 0.186. The maximum absolute atomic E-state index is 11.6. The van der Waals surface area contributed by atoms with E-state index in [-0.39, 0.29) is 17.4 Å². The molecule has 13 heavy (non-hydrogen) atoms. The van der Waals surface area contributed by atoms with Crippen LogP contribution in [0.4, 0.5) is 0 Å². The van der Waals surface area contributed by atoms with Crippen molar-refractivity contribution in [2.24, 2.45) is 11.1 Å². The molecule has 0 aromatic rings. The molecule has 1 saturated carbocycles. The molecule has 2 atom stereocenters. The fourth-order valence-corrected chi connectivity index (χ4v) is 2.38. The lowest BCUT2D eigenvalue weighted by atomic mass is 9.81. The number of hydrogen-bond donors (Lipinski definition) is 1. The van der Waals surface area contributed by atoms with Crippen LogP contribution in [0.3, 0.4) is 0 Å². The first-order valence-electron chi connectivity index (χ1n) is 4.98. The number of esters is 1. The summed E-state index contributed by atoms with van der Waals surface area (Å²) in [4.78, 5) is 11.6. The van der Waals surface area contributed by atoms with E-state index in [1.165, 1.54) is 7.11 Å². The standard InChI is InChI=1S/C10H19NO2/c1-3-5-10(9(12)13-2)6-4-8(11)7-10/h8H,3-7,11H2,1-2H3/t8-,10-/m1/s1. The largest absolute Gasteiger partial charge is 0.469 e. The van der Waals surface area contributed by atoms with Crippen molar-refractivity contribution >= 4 is 5.97 Å². The maximum Gasteiger partial charge on any atom is 0.311 e. The third kappa shape index (κ3) is 2.02. The van der Waals surface area contributed by atoms with Gasteiger partial charge in [0.25, 0.3) is 0 Å². The second kappa shape index (κ2) is 4.09. The molecule has 1 aliphatic rings. The van der Waals surface area contributed by atoms with E-state index in [0.717, 1.165) is 32.1 Å². The summed E-state index contributed by atoms with van der Waals surface area (Å²) < 4.78 is 4.84. The Morgan fingerprint density at radius 2 is 2.38 bits per heavy atom. The normalized spacial score (nSPS) is 33.3. The van der Waals surface area contributed by atoms with Crippen molar-refractivity contribution < 1.29 is 9.53 Å². The summed E-state index contributed by atoms with van der Waals surface area (Å²) in [6.07, 6.45) is 4.58. The van der Waals surface area contributed by atoms with Crippen LogP contribution in [0.2, 0.25) is 0 Å². The molecule has 3 nitrogen and oxygen atoms in total. The van der Waals surface area contributed by atoms with E-state index >= 15 is 0 Å². The number of ether oxygens (including phenoxy) is 1. The molecule has 0 aromatic carbocycles. The lowest BCUT2D eigenvalue weighted by molar-refractivity contribution is -0.153. The Morgan fingerprint density at radius 3 is 2.77 bits per heavy atom. The third-order valence-electron chi connectivity index (χ3n) is 2.99. The van der Waals surface area contributed by atoms with E-state index in [1.807, 2.05) is 0 Å². The smallest absolute Gasteiger partial charge is 0.311 e. The first-order valence-corrected chi connectivity index (χ1v) is 4.98. The van der Waals surface area contributed by atoms with Crippen LogP contribution < -0.4 is 5.73 Å². The summed E-state index contributed by atoms with van der Waals surface area (Å²) in [7, 11) is 1.46. The molecule has 1 rings (SSSR count). The van der Waals surface area contributed by atoms with Crippen LogP contribution in [-0.4, -0.2) is 19.1 Å². The minimum absolute atomic E-state index is 0.0673. The van der Waals surface area contributed by atoms with Crippen LogP contribution in [0, 0.1) is 5.41 Å². The molecule has 0 bridgehead atoms. The van der Waals surface area contributed by atoms with Crippen LogP contribution >= 0.6 is 0 Å². The quantitative estimate of drug-likeness (QED) is 0.677. The first-order chi connectivity index (χ1) is 6.14. The summed E-state index contributed by atoms with van der Waals surface area (Å²) in [5.74, 6) is -0.0673. The molecule has 0 radical (unpaired) electrons. The zero-order chi connectivity index (χ0) is 9.90. The molecule has 0 unspecified atom stereocenters. The maximum atomic E-state index is 11.6. The predicted octanol–water partition coefficient (Wildman–Crippen LogP) is 1.46. The Bertz CT molecular complexity index is 189. The third-order valence-corrected chi connectivity index (χ3v) is 2.99. The Labute approximate surface area is 79.6 Å². The van der Waals surface area contributed by atoms with E-state index in [2.05, 4.69) is 6.92 Å². The molecule has 1 fully saturated rings. The second-order valence-electron chi connectivity index (χ2n) is 4.02. The Balaban J connectivity index is 2.70. The molecule has 2 N–H and O–H groups in total. The average Bonchev–Trinajstić information content (AvgIpc) is 2.48. The van der Waals surface area contributed by atoms with Crippen molar-refractivity contribution in [2.75, 3.05) is 7.11 Å². The highest BCUT2D eigenvalue weighted by molar-refractivity contribution is 5.77. The number of carbonyl (C=O) groups is 1. The molecular formula is C10H19NO2. The van der Waals surface area contributed by atoms with E-state index in [1.54, 1.807) is 0 Å². The van der Waals surface area contributed by atoms with Gasteiger partial charge in [-0.1, -0.05) is 13.3 Å². The lowest BCUT2D eigenvalue weighted by Crippen LogP contribution is -2.31. The fourth-order valence-electron chi connectivity index (χ4n) is 2.38. The van der Waals surface area contributed by atoms with Gasteiger partial charge in [-0.25, -0.2) is 0 Å². The van der Waals surface area contributed by atoms with Crippen molar-refractivity contribution in [3.05, 3.63) is 0 Å². The van der Waals surface area contributed by atoms with E-state index < -0.39 is 0 Å². The first kappa shape index (κ1) is 10.5. The molecular weight excluding hydrogens is 166 g/mol. The predicted molar refractivity (Wildman–Crippen MR) is 51.2 cm³/mol. The molecule has 0 amide bonds. The van der Waals surface area contributed by atoms with Gasteiger partial charge >= 0.3 is 5.97 Å². The van der Waals surface area contributed by atoms with Gasteiger partial charge in [0.1, 0.15) is 0 Å². The lowest BCUT2D eigenvalue weighted by Gasteiger charge is -2.25. The monoisotopic (exact) mass is 185 g/mol. The van der Waals surface area contributed by atoms with Gasteiger partial charge in [0.05, 0.1) is 12.5 Å². The number of carbonyl (C=O) groups excluding carboxylic acids is 1. The van der Waals surface area contributed by atoms with Gasteiger partial charge in [-0.15, -0.1) is 0 Å². The average molecular weight is 185 g/mol. The Hall–Kier alpha value is -0.570. The zero-order valence-electron chi connectivity index (χ0n) is 8.51. The Kier molecular flexibility index (Phi) is 3.31. The number of methoxy groups -OCH3 is 1. The molecule has 0 aromatic heterocycles. The highest BCUT2D eigenvalue weighted by Gasteiger charge is 2.44. The van der Waals surface area contributed by atoms with E-state index in [4.69, 9.17) is 10.5 Å². The number of nitrogens with two attached hydrogens (primary N) is 1. The van der Waals surface area contributed by atoms with Crippen LogP contribution in [0.1, 0.15) is 39.0 Å². The van der Waals surface area contributed by atoms with E-state index in [0.29, 0.717) is 0 Å². The highest BCUT2D eigenvalue weighted by Crippen LogP contribution is 2.42. The van der Waals surface area contributed by atoms with E-state index in [9.17, 15) is 4.79 Å². The van der Waals surface area contributed by atoms with Gasteiger partial charge in [-0.2, -0.15) is 0 Å². The van der Waals surface area contributed by atoms with Crippen molar-refractivity contribution in [1.82, 2.24) is 0 Å². The SMILES string of the molecule is CCC[C@@]1(C(=O)OC)CC[C@@H](N)C1. The molecule has 0 saturated heterocycles. The van der Waals surface area contributed by atoms with Crippen molar-refractivity contribution in [3.63, 3.8) is 0 Å². The molecule has 0 heterocycles. The Morgan fingerprint density at radius 1 is 1.69 bits per heavy atom. The van der Waals surface area contributed by atoms with Crippen LogP contribution in [0.15, 0.2) is 0 Å². The summed E-state index contributed by atoms with van der Waals surface area (Å²) >= 11 is 0. The van der Waals surface area contributed by atoms with Gasteiger partial charge in [-0.3, -0.25) is 4.79 Å².